The standard InChI is InChI=1S/C21H19N3O4/c1-11-18(12(2)28-24-11)15-9-13-10-17(21(25)22-3)27-20(13)19(23-15)14-7-5-6-8-16(14)26-4/h5-10H,1-4H3,(H,22,25). The molecule has 3 aromatic heterocycles. The second-order valence-corrected chi connectivity index (χ2v) is 6.36. The molecule has 4 rings (SSSR count). The summed E-state index contributed by atoms with van der Waals surface area (Å²) in [4.78, 5) is 16.9. The number of benzene rings is 1. The van der Waals surface area contributed by atoms with Gasteiger partial charge in [0.05, 0.1) is 24.1 Å². The number of aromatic nitrogens is 2. The minimum Gasteiger partial charge on any atom is -0.496 e. The smallest absolute Gasteiger partial charge is 0.286 e. The molecule has 1 aromatic carbocycles. The third-order valence-corrected chi connectivity index (χ3v) is 4.60. The number of carbonyl (C=O) groups is 1. The Hall–Kier alpha value is -3.61. The summed E-state index contributed by atoms with van der Waals surface area (Å²) in [5, 5.41) is 7.36. The van der Waals surface area contributed by atoms with Gasteiger partial charge in [0.1, 0.15) is 17.2 Å². The molecule has 0 spiro atoms. The van der Waals surface area contributed by atoms with Crippen LogP contribution >= 0.6 is 0 Å². The van der Waals surface area contributed by atoms with Gasteiger partial charge in [-0.1, -0.05) is 17.3 Å². The van der Waals surface area contributed by atoms with Crippen LogP contribution < -0.4 is 10.1 Å². The highest BCUT2D eigenvalue weighted by Gasteiger charge is 2.22. The number of fused-ring (bicyclic) bond motifs is 1. The summed E-state index contributed by atoms with van der Waals surface area (Å²) in [5.41, 5.74) is 4.11. The molecular weight excluding hydrogens is 358 g/mol. The number of furan rings is 1. The fourth-order valence-electron chi connectivity index (χ4n) is 3.28. The van der Waals surface area contributed by atoms with E-state index >= 15 is 0 Å². The summed E-state index contributed by atoms with van der Waals surface area (Å²) in [6.07, 6.45) is 0. The molecule has 1 N–H and O–H groups in total. The van der Waals surface area contributed by atoms with Crippen LogP contribution in [0.3, 0.4) is 0 Å². The molecular formula is C21H19N3O4. The highest BCUT2D eigenvalue weighted by molar-refractivity contribution is 6.00. The van der Waals surface area contributed by atoms with Crippen molar-refractivity contribution >= 4 is 16.9 Å². The van der Waals surface area contributed by atoms with Crippen LogP contribution in [0.5, 0.6) is 5.75 Å². The Morgan fingerprint density at radius 2 is 1.96 bits per heavy atom. The van der Waals surface area contributed by atoms with Gasteiger partial charge in [-0.15, -0.1) is 0 Å². The summed E-state index contributed by atoms with van der Waals surface area (Å²) < 4.78 is 16.7. The lowest BCUT2D eigenvalue weighted by atomic mass is 10.0. The quantitative estimate of drug-likeness (QED) is 0.575. The first-order chi connectivity index (χ1) is 13.5. The average Bonchev–Trinajstić information content (AvgIpc) is 3.29. The molecule has 0 aliphatic heterocycles. The van der Waals surface area contributed by atoms with E-state index in [2.05, 4.69) is 10.5 Å². The van der Waals surface area contributed by atoms with Crippen LogP contribution in [0.4, 0.5) is 0 Å². The average molecular weight is 377 g/mol. The lowest BCUT2D eigenvalue weighted by molar-refractivity contribution is 0.0938. The van der Waals surface area contributed by atoms with Gasteiger partial charge in [-0.25, -0.2) is 4.98 Å². The Morgan fingerprint density at radius 3 is 2.64 bits per heavy atom. The Labute approximate surface area is 161 Å². The lowest BCUT2D eigenvalue weighted by Crippen LogP contribution is -2.16. The number of para-hydroxylation sites is 1. The molecule has 0 bridgehead atoms. The molecule has 0 saturated carbocycles. The number of hydrogen-bond donors (Lipinski definition) is 1. The molecule has 7 nitrogen and oxygen atoms in total. The number of rotatable bonds is 4. The third kappa shape index (κ3) is 2.81. The van der Waals surface area contributed by atoms with Crippen LogP contribution in [0.1, 0.15) is 22.0 Å². The van der Waals surface area contributed by atoms with Crippen LogP contribution in [-0.2, 0) is 0 Å². The van der Waals surface area contributed by atoms with Crippen molar-refractivity contribution in [2.45, 2.75) is 13.8 Å². The minimum absolute atomic E-state index is 0.214. The normalized spacial score (nSPS) is 11.0. The van der Waals surface area contributed by atoms with Gasteiger partial charge in [0, 0.05) is 18.0 Å². The first-order valence-electron chi connectivity index (χ1n) is 8.76. The van der Waals surface area contributed by atoms with Crippen molar-refractivity contribution in [1.82, 2.24) is 15.5 Å². The highest BCUT2D eigenvalue weighted by atomic mass is 16.5. The summed E-state index contributed by atoms with van der Waals surface area (Å²) in [6, 6.07) is 11.1. The van der Waals surface area contributed by atoms with Crippen molar-refractivity contribution in [3.63, 3.8) is 0 Å². The maximum absolute atomic E-state index is 12.1. The summed E-state index contributed by atoms with van der Waals surface area (Å²) in [6.45, 7) is 3.71. The molecule has 0 atom stereocenters. The SMILES string of the molecule is CNC(=O)c1cc2cc(-c3c(C)noc3C)nc(-c3ccccc3OC)c2o1. The van der Waals surface area contributed by atoms with Crippen LogP contribution in [-0.4, -0.2) is 30.2 Å². The van der Waals surface area contributed by atoms with Gasteiger partial charge >= 0.3 is 0 Å². The van der Waals surface area contributed by atoms with Crippen molar-refractivity contribution in [2.24, 2.45) is 0 Å². The number of carbonyl (C=O) groups excluding carboxylic acids is 1. The van der Waals surface area contributed by atoms with Crippen LogP contribution in [0, 0.1) is 13.8 Å². The van der Waals surface area contributed by atoms with Gasteiger partial charge in [0.25, 0.3) is 5.91 Å². The number of nitrogens with one attached hydrogen (secondary N) is 1. The minimum atomic E-state index is -0.305. The second-order valence-electron chi connectivity index (χ2n) is 6.36. The van der Waals surface area contributed by atoms with Crippen LogP contribution in [0.2, 0.25) is 0 Å². The molecule has 0 fully saturated rings. The molecule has 28 heavy (non-hydrogen) atoms. The van der Waals surface area contributed by atoms with Crippen molar-refractivity contribution in [1.29, 1.82) is 0 Å². The third-order valence-electron chi connectivity index (χ3n) is 4.60. The van der Waals surface area contributed by atoms with Crippen LogP contribution in [0.15, 0.2) is 45.3 Å². The molecule has 3 heterocycles. The summed E-state index contributed by atoms with van der Waals surface area (Å²) in [7, 11) is 3.16. The molecule has 1 amide bonds. The van der Waals surface area contributed by atoms with Gasteiger partial charge in [0.2, 0.25) is 0 Å². The largest absolute Gasteiger partial charge is 0.496 e. The second kappa shape index (κ2) is 6.84. The molecule has 0 aliphatic carbocycles. The van der Waals surface area contributed by atoms with E-state index in [4.69, 9.17) is 18.7 Å². The molecule has 7 heteroatoms. The van der Waals surface area contributed by atoms with Gasteiger partial charge in [0.15, 0.2) is 11.3 Å². The maximum atomic E-state index is 12.1. The molecule has 0 aliphatic rings. The lowest BCUT2D eigenvalue weighted by Gasteiger charge is -2.10. The monoisotopic (exact) mass is 377 g/mol. The predicted molar refractivity (Wildman–Crippen MR) is 104 cm³/mol. The zero-order valence-corrected chi connectivity index (χ0v) is 16.0. The fourth-order valence-corrected chi connectivity index (χ4v) is 3.28. The van der Waals surface area contributed by atoms with Gasteiger partial charge in [-0.05, 0) is 38.1 Å². The predicted octanol–water partition coefficient (Wildman–Crippen LogP) is 4.13. The van der Waals surface area contributed by atoms with E-state index in [-0.39, 0.29) is 11.7 Å². The molecule has 4 aromatic rings. The molecule has 0 radical (unpaired) electrons. The zero-order chi connectivity index (χ0) is 19.8. The number of ether oxygens (including phenoxy) is 1. The molecule has 0 saturated heterocycles. The Kier molecular flexibility index (Phi) is 4.35. The van der Waals surface area contributed by atoms with Crippen molar-refractivity contribution < 1.29 is 18.5 Å². The number of hydrogen-bond acceptors (Lipinski definition) is 6. The maximum Gasteiger partial charge on any atom is 0.286 e. The number of methoxy groups -OCH3 is 1. The van der Waals surface area contributed by atoms with Crippen molar-refractivity contribution in [3.8, 4) is 28.3 Å². The van der Waals surface area contributed by atoms with Crippen molar-refractivity contribution in [2.75, 3.05) is 14.2 Å². The first-order valence-corrected chi connectivity index (χ1v) is 8.76. The van der Waals surface area contributed by atoms with E-state index < -0.39 is 0 Å². The van der Waals surface area contributed by atoms with E-state index in [1.807, 2.05) is 44.2 Å². The van der Waals surface area contributed by atoms with E-state index in [0.717, 1.165) is 22.2 Å². The number of amides is 1. The Balaban J connectivity index is 2.05. The number of aryl methyl sites for hydroxylation is 2. The van der Waals surface area contributed by atoms with Crippen LogP contribution in [0.25, 0.3) is 33.5 Å². The first kappa shape index (κ1) is 17.8. The zero-order valence-electron chi connectivity index (χ0n) is 16.0. The topological polar surface area (TPSA) is 90.4 Å². The Bertz CT molecular complexity index is 1170. The summed E-state index contributed by atoms with van der Waals surface area (Å²) in [5.74, 6) is 1.24. The van der Waals surface area contributed by atoms with Gasteiger partial charge in [-0.2, -0.15) is 0 Å². The van der Waals surface area contributed by atoms with E-state index in [0.29, 0.717) is 28.5 Å². The van der Waals surface area contributed by atoms with Gasteiger partial charge in [-0.3, -0.25) is 4.79 Å². The molecule has 0 unspecified atom stereocenters. The summed E-state index contributed by atoms with van der Waals surface area (Å²) >= 11 is 0. The van der Waals surface area contributed by atoms with E-state index in [9.17, 15) is 4.79 Å². The number of pyridine rings is 1. The van der Waals surface area contributed by atoms with E-state index in [1.54, 1.807) is 20.2 Å². The Morgan fingerprint density at radius 1 is 1.18 bits per heavy atom. The fraction of sp³-hybridized carbons (Fsp3) is 0.190. The van der Waals surface area contributed by atoms with E-state index in [1.165, 1.54) is 0 Å². The van der Waals surface area contributed by atoms with Gasteiger partial charge < -0.3 is 19.0 Å². The highest BCUT2D eigenvalue weighted by Crippen LogP contribution is 2.38. The van der Waals surface area contributed by atoms with Crippen molar-refractivity contribution in [3.05, 3.63) is 53.6 Å². The number of nitrogens with zero attached hydrogens (tertiary/aromatic N) is 2. The molecule has 142 valence electrons.